The number of esters is 1. The van der Waals surface area contributed by atoms with E-state index in [0.717, 1.165) is 3.57 Å². The molecule has 5 nitrogen and oxygen atoms in total. The maximum atomic E-state index is 12.3. The van der Waals surface area contributed by atoms with Crippen LogP contribution in [-0.2, 0) is 9.53 Å². The van der Waals surface area contributed by atoms with E-state index in [2.05, 4.69) is 27.6 Å². The SMILES string of the molecule is COc1cc(/C=C2\N=C(c3cc(I)ccc3Cl)OC2=O)cc(Cl)c1OCC(C)C. The monoisotopic (exact) mass is 545 g/mol. The number of ether oxygens (including phenoxy) is 3. The minimum absolute atomic E-state index is 0.142. The normalized spacial score (nSPS) is 14.9. The lowest BCUT2D eigenvalue weighted by Gasteiger charge is -2.14. The van der Waals surface area contributed by atoms with Gasteiger partial charge in [-0.3, -0.25) is 0 Å². The van der Waals surface area contributed by atoms with Crippen LogP contribution < -0.4 is 9.47 Å². The highest BCUT2D eigenvalue weighted by Gasteiger charge is 2.26. The van der Waals surface area contributed by atoms with Gasteiger partial charge in [0, 0.05) is 3.57 Å². The lowest BCUT2D eigenvalue weighted by atomic mass is 10.1. The summed E-state index contributed by atoms with van der Waals surface area (Å²) in [5, 5.41) is 0.836. The quantitative estimate of drug-likeness (QED) is 0.254. The minimum atomic E-state index is -0.565. The van der Waals surface area contributed by atoms with Gasteiger partial charge in [-0.1, -0.05) is 37.0 Å². The average molecular weight is 546 g/mol. The van der Waals surface area contributed by atoms with Crippen molar-refractivity contribution in [2.75, 3.05) is 13.7 Å². The highest BCUT2D eigenvalue weighted by Crippen LogP contribution is 2.37. The standard InChI is InChI=1S/C21H18Cl2INO4/c1-11(2)10-28-19-16(23)6-12(8-18(19)27-3)7-17-21(26)29-20(25-17)14-9-13(24)4-5-15(14)22/h4-9,11H,10H2,1-3H3/b17-7-. The van der Waals surface area contributed by atoms with Crippen molar-refractivity contribution in [1.29, 1.82) is 0 Å². The van der Waals surface area contributed by atoms with E-state index in [1.807, 2.05) is 19.9 Å². The van der Waals surface area contributed by atoms with Gasteiger partial charge < -0.3 is 14.2 Å². The van der Waals surface area contributed by atoms with E-state index in [9.17, 15) is 4.79 Å². The summed E-state index contributed by atoms with van der Waals surface area (Å²) in [6, 6.07) is 8.81. The van der Waals surface area contributed by atoms with Gasteiger partial charge in [0.2, 0.25) is 5.90 Å². The zero-order chi connectivity index (χ0) is 21.1. The topological polar surface area (TPSA) is 57.1 Å². The molecule has 0 aliphatic carbocycles. The predicted molar refractivity (Wildman–Crippen MR) is 123 cm³/mol. The van der Waals surface area contributed by atoms with Crippen LogP contribution in [0.4, 0.5) is 0 Å². The molecule has 0 bridgehead atoms. The predicted octanol–water partition coefficient (Wildman–Crippen LogP) is 5.99. The van der Waals surface area contributed by atoms with Crippen molar-refractivity contribution in [3.05, 3.63) is 60.8 Å². The van der Waals surface area contributed by atoms with Gasteiger partial charge in [-0.2, -0.15) is 0 Å². The van der Waals surface area contributed by atoms with Crippen molar-refractivity contribution in [2.24, 2.45) is 10.9 Å². The lowest BCUT2D eigenvalue weighted by Crippen LogP contribution is -2.06. The Hall–Kier alpha value is -1.77. The molecule has 0 amide bonds. The molecule has 0 N–H and O–H groups in total. The molecule has 0 spiro atoms. The van der Waals surface area contributed by atoms with Crippen LogP contribution >= 0.6 is 45.8 Å². The average Bonchev–Trinajstić information content (AvgIpc) is 3.02. The van der Waals surface area contributed by atoms with E-state index in [-0.39, 0.29) is 11.6 Å². The molecule has 0 radical (unpaired) electrons. The molecule has 0 saturated heterocycles. The first-order valence-electron chi connectivity index (χ1n) is 8.76. The lowest BCUT2D eigenvalue weighted by molar-refractivity contribution is -0.129. The third-order valence-electron chi connectivity index (χ3n) is 3.90. The Morgan fingerprint density at radius 2 is 1.97 bits per heavy atom. The molecule has 0 unspecified atom stereocenters. The molecule has 1 heterocycles. The van der Waals surface area contributed by atoms with Crippen molar-refractivity contribution in [3.63, 3.8) is 0 Å². The van der Waals surface area contributed by atoms with Gasteiger partial charge in [0.25, 0.3) is 0 Å². The molecular formula is C21H18Cl2INO4. The highest BCUT2D eigenvalue weighted by atomic mass is 127. The second-order valence-electron chi connectivity index (χ2n) is 6.70. The molecule has 8 heteroatoms. The molecule has 152 valence electrons. The molecule has 2 aromatic rings. The molecule has 29 heavy (non-hydrogen) atoms. The van der Waals surface area contributed by atoms with Gasteiger partial charge in [0.15, 0.2) is 17.2 Å². The Bertz CT molecular complexity index is 1020. The number of hydrogen-bond acceptors (Lipinski definition) is 5. The molecule has 1 aliphatic heterocycles. The van der Waals surface area contributed by atoms with Gasteiger partial charge >= 0.3 is 5.97 Å². The zero-order valence-corrected chi connectivity index (χ0v) is 19.6. The van der Waals surface area contributed by atoms with E-state index in [4.69, 9.17) is 37.4 Å². The van der Waals surface area contributed by atoms with Gasteiger partial charge in [-0.25, -0.2) is 9.79 Å². The van der Waals surface area contributed by atoms with Crippen LogP contribution in [0, 0.1) is 9.49 Å². The molecule has 0 aromatic heterocycles. The van der Waals surface area contributed by atoms with Crippen molar-refractivity contribution >= 4 is 63.7 Å². The second-order valence-corrected chi connectivity index (χ2v) is 8.76. The summed E-state index contributed by atoms with van der Waals surface area (Å²) in [6.45, 7) is 4.59. The third-order valence-corrected chi connectivity index (χ3v) is 5.18. The molecular weight excluding hydrogens is 528 g/mol. The van der Waals surface area contributed by atoms with Crippen LogP contribution in [-0.4, -0.2) is 25.6 Å². The Balaban J connectivity index is 1.95. The molecule has 2 aromatic carbocycles. The number of cyclic esters (lactones) is 1. The number of carbonyl (C=O) groups is 1. The molecule has 0 saturated carbocycles. The summed E-state index contributed by atoms with van der Waals surface area (Å²) in [5.41, 5.74) is 1.33. The van der Waals surface area contributed by atoms with Crippen LogP contribution in [0.3, 0.4) is 0 Å². The molecule has 1 aliphatic rings. The van der Waals surface area contributed by atoms with Crippen LogP contribution in [0.5, 0.6) is 11.5 Å². The van der Waals surface area contributed by atoms with Crippen LogP contribution in [0.2, 0.25) is 10.0 Å². The number of aliphatic imine (C=N–C) groups is 1. The largest absolute Gasteiger partial charge is 0.493 e. The smallest absolute Gasteiger partial charge is 0.363 e. The van der Waals surface area contributed by atoms with Crippen molar-refractivity contribution in [3.8, 4) is 11.5 Å². The summed E-state index contributed by atoms with van der Waals surface area (Å²) in [6.07, 6.45) is 1.58. The second kappa shape index (κ2) is 9.36. The Kier molecular flexibility index (Phi) is 7.08. The first kappa shape index (κ1) is 21.9. The third kappa shape index (κ3) is 5.24. The van der Waals surface area contributed by atoms with Gasteiger partial charge in [0.1, 0.15) is 0 Å². The Labute approximate surface area is 192 Å². The number of nitrogens with zero attached hydrogens (tertiary/aromatic N) is 1. The number of halogens is 3. The van der Waals surface area contributed by atoms with Crippen molar-refractivity contribution in [1.82, 2.24) is 0 Å². The first-order chi connectivity index (χ1) is 13.8. The minimum Gasteiger partial charge on any atom is -0.493 e. The maximum Gasteiger partial charge on any atom is 0.363 e. The van der Waals surface area contributed by atoms with Crippen LogP contribution in [0.1, 0.15) is 25.0 Å². The van der Waals surface area contributed by atoms with E-state index in [0.29, 0.717) is 45.2 Å². The number of rotatable bonds is 6. The summed E-state index contributed by atoms with van der Waals surface area (Å²) in [5.74, 6) is 0.881. The fourth-order valence-corrected chi connectivity index (χ4v) is 3.52. The van der Waals surface area contributed by atoms with E-state index >= 15 is 0 Å². The number of carbonyl (C=O) groups excluding carboxylic acids is 1. The number of hydrogen-bond donors (Lipinski definition) is 0. The fourth-order valence-electron chi connectivity index (χ4n) is 2.56. The summed E-state index contributed by atoms with van der Waals surface area (Å²) in [7, 11) is 1.53. The molecule has 0 fully saturated rings. The number of benzene rings is 2. The summed E-state index contributed by atoms with van der Waals surface area (Å²) >= 11 is 14.7. The summed E-state index contributed by atoms with van der Waals surface area (Å²) < 4.78 is 17.4. The van der Waals surface area contributed by atoms with Crippen LogP contribution in [0.15, 0.2) is 41.0 Å². The van der Waals surface area contributed by atoms with E-state index in [1.165, 1.54) is 7.11 Å². The fraction of sp³-hybridized carbons (Fsp3) is 0.238. The molecule has 0 atom stereocenters. The van der Waals surface area contributed by atoms with Crippen molar-refractivity contribution in [2.45, 2.75) is 13.8 Å². The van der Waals surface area contributed by atoms with Crippen molar-refractivity contribution < 1.29 is 19.0 Å². The van der Waals surface area contributed by atoms with E-state index in [1.54, 1.807) is 30.3 Å². The zero-order valence-electron chi connectivity index (χ0n) is 16.0. The first-order valence-corrected chi connectivity index (χ1v) is 10.6. The Morgan fingerprint density at radius 3 is 2.66 bits per heavy atom. The van der Waals surface area contributed by atoms with Gasteiger partial charge in [-0.15, -0.1) is 0 Å². The van der Waals surface area contributed by atoms with E-state index < -0.39 is 5.97 Å². The van der Waals surface area contributed by atoms with Crippen LogP contribution in [0.25, 0.3) is 6.08 Å². The highest BCUT2D eigenvalue weighted by molar-refractivity contribution is 14.1. The number of methoxy groups -OCH3 is 1. The maximum absolute atomic E-state index is 12.3. The Morgan fingerprint density at radius 1 is 1.21 bits per heavy atom. The summed E-state index contributed by atoms with van der Waals surface area (Å²) in [4.78, 5) is 16.6. The van der Waals surface area contributed by atoms with Gasteiger partial charge in [0.05, 0.1) is 29.3 Å². The van der Waals surface area contributed by atoms with Gasteiger partial charge in [-0.05, 0) is 70.5 Å². The molecule has 3 rings (SSSR count).